The summed E-state index contributed by atoms with van der Waals surface area (Å²) in [6, 6.07) is 10.3. The summed E-state index contributed by atoms with van der Waals surface area (Å²) in [7, 11) is 0. The zero-order chi connectivity index (χ0) is 14.7. The highest BCUT2D eigenvalue weighted by molar-refractivity contribution is 9.10. The van der Waals surface area contributed by atoms with Crippen LogP contribution in [0.15, 0.2) is 46.9 Å². The number of nitrogens with two attached hydrogens (primary N) is 1. The van der Waals surface area contributed by atoms with Crippen molar-refractivity contribution < 1.29 is 13.9 Å². The summed E-state index contributed by atoms with van der Waals surface area (Å²) in [6.07, 6.45) is -1.21. The molecule has 2 aromatic rings. The molecule has 3 N–H and O–H groups in total. The van der Waals surface area contributed by atoms with Gasteiger partial charge in [0.1, 0.15) is 11.6 Å². The molecule has 0 spiro atoms. The maximum Gasteiger partial charge on any atom is 0.129 e. The molecule has 2 nitrogen and oxygen atoms in total. The van der Waals surface area contributed by atoms with Gasteiger partial charge in [0.05, 0.1) is 6.10 Å². The number of aliphatic hydroxyl groups is 1. The van der Waals surface area contributed by atoms with Crippen LogP contribution in [0.1, 0.15) is 23.1 Å². The van der Waals surface area contributed by atoms with Gasteiger partial charge in [0.15, 0.2) is 0 Å². The third-order valence-corrected chi connectivity index (χ3v) is 3.94. The normalized spacial score (nSPS) is 14.1. The Hall–Kier alpha value is -1.30. The van der Waals surface area contributed by atoms with Gasteiger partial charge in [-0.2, -0.15) is 0 Å². The van der Waals surface area contributed by atoms with Crippen molar-refractivity contribution in [3.05, 3.63) is 69.7 Å². The third-order valence-electron chi connectivity index (χ3n) is 3.22. The van der Waals surface area contributed by atoms with E-state index in [0.29, 0.717) is 0 Å². The van der Waals surface area contributed by atoms with Gasteiger partial charge < -0.3 is 10.8 Å². The fourth-order valence-corrected chi connectivity index (χ4v) is 2.74. The lowest BCUT2D eigenvalue weighted by Gasteiger charge is -2.23. The van der Waals surface area contributed by atoms with Crippen LogP contribution in [-0.4, -0.2) is 11.7 Å². The molecule has 0 aliphatic heterocycles. The summed E-state index contributed by atoms with van der Waals surface area (Å²) >= 11 is 3.38. The highest BCUT2D eigenvalue weighted by Crippen LogP contribution is 2.35. The number of rotatable bonds is 4. The lowest BCUT2D eigenvalue weighted by molar-refractivity contribution is 0.142. The van der Waals surface area contributed by atoms with Crippen molar-refractivity contribution in [1.82, 2.24) is 0 Å². The summed E-state index contributed by atoms with van der Waals surface area (Å²) in [5.74, 6) is -1.77. The molecule has 2 rings (SSSR count). The van der Waals surface area contributed by atoms with Crippen LogP contribution in [0.2, 0.25) is 0 Å². The van der Waals surface area contributed by atoms with Crippen molar-refractivity contribution in [3.8, 4) is 0 Å². The predicted molar refractivity (Wildman–Crippen MR) is 77.3 cm³/mol. The Kier molecular flexibility index (Phi) is 4.86. The van der Waals surface area contributed by atoms with Crippen molar-refractivity contribution in [2.45, 2.75) is 12.0 Å². The molecule has 0 bridgehead atoms. The summed E-state index contributed by atoms with van der Waals surface area (Å²) in [5.41, 5.74) is 6.37. The first kappa shape index (κ1) is 15.1. The molecule has 106 valence electrons. The van der Waals surface area contributed by atoms with E-state index in [1.807, 2.05) is 12.1 Å². The van der Waals surface area contributed by atoms with Crippen molar-refractivity contribution in [2.75, 3.05) is 6.54 Å². The lowest BCUT2D eigenvalue weighted by Crippen LogP contribution is -2.21. The number of hydrogen-bond donors (Lipinski definition) is 2. The largest absolute Gasteiger partial charge is 0.388 e. The van der Waals surface area contributed by atoms with E-state index in [4.69, 9.17) is 5.73 Å². The summed E-state index contributed by atoms with van der Waals surface area (Å²) in [6.45, 7) is 0.111. The van der Waals surface area contributed by atoms with Crippen LogP contribution in [-0.2, 0) is 0 Å². The zero-order valence-electron chi connectivity index (χ0n) is 10.6. The van der Waals surface area contributed by atoms with Gasteiger partial charge in [-0.15, -0.1) is 0 Å². The van der Waals surface area contributed by atoms with E-state index in [2.05, 4.69) is 15.9 Å². The molecule has 0 radical (unpaired) electrons. The van der Waals surface area contributed by atoms with Crippen molar-refractivity contribution >= 4 is 15.9 Å². The Morgan fingerprint density at radius 3 is 2.45 bits per heavy atom. The topological polar surface area (TPSA) is 46.2 Å². The first-order chi connectivity index (χ1) is 9.54. The van der Waals surface area contributed by atoms with Gasteiger partial charge in [0.2, 0.25) is 0 Å². The molecule has 5 heteroatoms. The van der Waals surface area contributed by atoms with Crippen molar-refractivity contribution in [2.24, 2.45) is 5.73 Å². The maximum absolute atomic E-state index is 13.8. The lowest BCUT2D eigenvalue weighted by atomic mass is 9.89. The highest BCUT2D eigenvalue weighted by atomic mass is 79.9. The quantitative estimate of drug-likeness (QED) is 0.893. The minimum absolute atomic E-state index is 0.0868. The molecular weight excluding hydrogens is 328 g/mol. The summed E-state index contributed by atoms with van der Waals surface area (Å²) < 4.78 is 27.8. The van der Waals surface area contributed by atoms with Crippen LogP contribution in [0, 0.1) is 11.6 Å². The summed E-state index contributed by atoms with van der Waals surface area (Å²) in [4.78, 5) is 0. The molecule has 2 unspecified atom stereocenters. The summed E-state index contributed by atoms with van der Waals surface area (Å²) in [5, 5.41) is 10.4. The molecule has 0 saturated carbocycles. The Morgan fingerprint density at radius 1 is 1.10 bits per heavy atom. The molecule has 2 atom stereocenters. The number of aliphatic hydroxyl groups excluding tert-OH is 1. The molecule has 0 heterocycles. The van der Waals surface area contributed by atoms with Gasteiger partial charge in [-0.1, -0.05) is 34.1 Å². The smallest absolute Gasteiger partial charge is 0.129 e. The Balaban J connectivity index is 2.41. The fraction of sp³-hybridized carbons (Fsp3) is 0.200. The van der Waals surface area contributed by atoms with Gasteiger partial charge in [0, 0.05) is 22.5 Å². The van der Waals surface area contributed by atoms with E-state index in [1.54, 1.807) is 12.1 Å². The van der Waals surface area contributed by atoms with Crippen LogP contribution < -0.4 is 5.73 Å². The van der Waals surface area contributed by atoms with E-state index in [-0.39, 0.29) is 12.1 Å². The SMILES string of the molecule is NCC(c1ccccc1Br)C(O)c1cc(F)ccc1F. The Labute approximate surface area is 124 Å². The molecule has 2 aromatic carbocycles. The van der Waals surface area contributed by atoms with E-state index >= 15 is 0 Å². The first-order valence-corrected chi connectivity index (χ1v) is 6.91. The third kappa shape index (κ3) is 3.06. The van der Waals surface area contributed by atoms with Crippen LogP contribution >= 0.6 is 15.9 Å². The molecule has 0 saturated heterocycles. The molecule has 20 heavy (non-hydrogen) atoms. The van der Waals surface area contributed by atoms with Crippen LogP contribution in [0.25, 0.3) is 0 Å². The van der Waals surface area contributed by atoms with Crippen LogP contribution in [0.4, 0.5) is 8.78 Å². The van der Waals surface area contributed by atoms with Crippen molar-refractivity contribution in [1.29, 1.82) is 0 Å². The minimum Gasteiger partial charge on any atom is -0.388 e. The molecule has 0 aromatic heterocycles. The van der Waals surface area contributed by atoms with Gasteiger partial charge in [-0.25, -0.2) is 8.78 Å². The average Bonchev–Trinajstić information content (AvgIpc) is 2.44. The second kappa shape index (κ2) is 6.43. The number of hydrogen-bond acceptors (Lipinski definition) is 2. The standard InChI is InChI=1S/C15H14BrF2NO/c16-13-4-2-1-3-10(13)12(8-19)15(20)11-7-9(17)5-6-14(11)18/h1-7,12,15,20H,8,19H2. The maximum atomic E-state index is 13.8. The predicted octanol–water partition coefficient (Wildman–Crippen LogP) is 3.50. The Bertz CT molecular complexity index is 606. The zero-order valence-corrected chi connectivity index (χ0v) is 12.1. The molecular formula is C15H14BrF2NO. The van der Waals surface area contributed by atoms with E-state index in [0.717, 1.165) is 28.2 Å². The first-order valence-electron chi connectivity index (χ1n) is 6.12. The number of halogens is 3. The van der Waals surface area contributed by atoms with Gasteiger partial charge in [-0.05, 0) is 29.8 Å². The molecule has 0 fully saturated rings. The van der Waals surface area contributed by atoms with E-state index in [1.165, 1.54) is 0 Å². The minimum atomic E-state index is -1.21. The molecule has 0 aliphatic carbocycles. The van der Waals surface area contributed by atoms with Crippen LogP contribution in [0.3, 0.4) is 0 Å². The van der Waals surface area contributed by atoms with Crippen molar-refractivity contribution in [3.63, 3.8) is 0 Å². The Morgan fingerprint density at radius 2 is 1.80 bits per heavy atom. The van der Waals surface area contributed by atoms with Gasteiger partial charge in [0.25, 0.3) is 0 Å². The van der Waals surface area contributed by atoms with Crippen LogP contribution in [0.5, 0.6) is 0 Å². The fourth-order valence-electron chi connectivity index (χ4n) is 2.16. The highest BCUT2D eigenvalue weighted by Gasteiger charge is 2.25. The molecule has 0 aliphatic rings. The van der Waals surface area contributed by atoms with E-state index in [9.17, 15) is 13.9 Å². The van der Waals surface area contributed by atoms with E-state index < -0.39 is 23.7 Å². The van der Waals surface area contributed by atoms with Gasteiger partial charge >= 0.3 is 0 Å². The van der Waals surface area contributed by atoms with Gasteiger partial charge in [-0.3, -0.25) is 0 Å². The second-order valence-corrected chi connectivity index (χ2v) is 5.33. The monoisotopic (exact) mass is 341 g/mol. The average molecular weight is 342 g/mol. The molecule has 0 amide bonds. The number of benzene rings is 2. The second-order valence-electron chi connectivity index (χ2n) is 4.47.